The predicted molar refractivity (Wildman–Crippen MR) is 121 cm³/mol. The standard InChI is InChI=1S/C22H33N5O.ClH/c1-6-27-14-20(19(5)24-27)13-25-7-9-26(10-8-25)15-21(28)23-22-17(3)11-16(2)12-18(22)4;/h11-12,14H,6-10,13,15H2,1-5H3,(H,23,28);1H. The van der Waals surface area contributed by atoms with E-state index in [2.05, 4.69) is 73.2 Å². The molecule has 160 valence electrons. The number of halogens is 1. The van der Waals surface area contributed by atoms with E-state index in [-0.39, 0.29) is 18.3 Å². The van der Waals surface area contributed by atoms with Crippen LogP contribution in [-0.2, 0) is 17.9 Å². The summed E-state index contributed by atoms with van der Waals surface area (Å²) in [5.41, 5.74) is 6.85. The van der Waals surface area contributed by atoms with Gasteiger partial charge >= 0.3 is 0 Å². The minimum Gasteiger partial charge on any atom is -0.324 e. The highest BCUT2D eigenvalue weighted by Crippen LogP contribution is 2.22. The minimum atomic E-state index is 0. The molecule has 2 heterocycles. The van der Waals surface area contributed by atoms with E-state index in [0.29, 0.717) is 6.54 Å². The van der Waals surface area contributed by atoms with Gasteiger partial charge < -0.3 is 5.32 Å². The largest absolute Gasteiger partial charge is 0.324 e. The topological polar surface area (TPSA) is 53.4 Å². The number of rotatable bonds is 6. The molecule has 1 saturated heterocycles. The smallest absolute Gasteiger partial charge is 0.238 e. The molecule has 1 fully saturated rings. The van der Waals surface area contributed by atoms with Crippen LogP contribution in [0.4, 0.5) is 5.69 Å². The molecule has 0 radical (unpaired) electrons. The minimum absolute atomic E-state index is 0. The van der Waals surface area contributed by atoms with Crippen molar-refractivity contribution < 1.29 is 4.79 Å². The molecule has 0 saturated carbocycles. The van der Waals surface area contributed by atoms with Crippen molar-refractivity contribution in [2.24, 2.45) is 0 Å². The Kier molecular flexibility index (Phi) is 8.25. The highest BCUT2D eigenvalue weighted by molar-refractivity contribution is 5.93. The Labute approximate surface area is 180 Å². The van der Waals surface area contributed by atoms with Crippen LogP contribution in [0.1, 0.15) is 34.9 Å². The summed E-state index contributed by atoms with van der Waals surface area (Å²) in [4.78, 5) is 17.2. The van der Waals surface area contributed by atoms with Gasteiger partial charge in [-0.15, -0.1) is 12.4 Å². The molecule has 3 rings (SSSR count). The van der Waals surface area contributed by atoms with Crippen molar-refractivity contribution in [1.29, 1.82) is 0 Å². The van der Waals surface area contributed by atoms with E-state index in [1.807, 2.05) is 4.68 Å². The van der Waals surface area contributed by atoms with Crippen molar-refractivity contribution in [2.75, 3.05) is 38.0 Å². The van der Waals surface area contributed by atoms with Crippen LogP contribution in [0.5, 0.6) is 0 Å². The zero-order chi connectivity index (χ0) is 20.3. The second kappa shape index (κ2) is 10.2. The lowest BCUT2D eigenvalue weighted by atomic mass is 10.1. The Bertz CT molecular complexity index is 817. The molecule has 0 aliphatic carbocycles. The first-order chi connectivity index (χ1) is 13.4. The molecule has 0 atom stereocenters. The number of benzene rings is 1. The summed E-state index contributed by atoms with van der Waals surface area (Å²) in [5.74, 6) is 0.0727. The van der Waals surface area contributed by atoms with Crippen molar-refractivity contribution in [3.63, 3.8) is 0 Å². The van der Waals surface area contributed by atoms with Gasteiger partial charge in [-0.05, 0) is 45.7 Å². The molecule has 1 aromatic heterocycles. The van der Waals surface area contributed by atoms with E-state index in [1.54, 1.807) is 0 Å². The average Bonchev–Trinajstić information content (AvgIpc) is 2.99. The molecular weight excluding hydrogens is 386 g/mol. The Morgan fingerprint density at radius 1 is 1.03 bits per heavy atom. The van der Waals surface area contributed by atoms with Crippen molar-refractivity contribution in [3.05, 3.63) is 46.3 Å². The number of piperazine rings is 1. The third-order valence-corrected chi connectivity index (χ3v) is 5.54. The summed E-state index contributed by atoms with van der Waals surface area (Å²) >= 11 is 0. The molecule has 1 N–H and O–H groups in total. The van der Waals surface area contributed by atoms with Gasteiger partial charge in [-0.1, -0.05) is 17.7 Å². The van der Waals surface area contributed by atoms with Crippen LogP contribution in [0, 0.1) is 27.7 Å². The molecule has 0 bridgehead atoms. The fourth-order valence-electron chi connectivity index (χ4n) is 3.98. The van der Waals surface area contributed by atoms with E-state index in [1.165, 1.54) is 11.1 Å². The van der Waals surface area contributed by atoms with Crippen LogP contribution in [0.25, 0.3) is 0 Å². The molecule has 1 aromatic carbocycles. The number of hydrogen-bond acceptors (Lipinski definition) is 4. The summed E-state index contributed by atoms with van der Waals surface area (Å²) in [6.45, 7) is 16.5. The predicted octanol–water partition coefficient (Wildman–Crippen LogP) is 3.31. The first-order valence-corrected chi connectivity index (χ1v) is 10.2. The van der Waals surface area contributed by atoms with Crippen LogP contribution in [0.3, 0.4) is 0 Å². The fourth-order valence-corrected chi connectivity index (χ4v) is 3.98. The van der Waals surface area contributed by atoms with Crippen LogP contribution >= 0.6 is 12.4 Å². The number of aromatic nitrogens is 2. The molecule has 0 spiro atoms. The number of carbonyl (C=O) groups excluding carboxylic acids is 1. The zero-order valence-corrected chi connectivity index (χ0v) is 19.1. The lowest BCUT2D eigenvalue weighted by Crippen LogP contribution is -2.48. The maximum absolute atomic E-state index is 12.5. The number of amides is 1. The number of hydrogen-bond donors (Lipinski definition) is 1. The van der Waals surface area contributed by atoms with Crippen LogP contribution < -0.4 is 5.32 Å². The van der Waals surface area contributed by atoms with Gasteiger partial charge in [0.05, 0.1) is 12.2 Å². The SMILES string of the molecule is CCn1cc(CN2CCN(CC(=O)Nc3c(C)cc(C)cc3C)CC2)c(C)n1.Cl. The maximum Gasteiger partial charge on any atom is 0.238 e. The summed E-state index contributed by atoms with van der Waals surface area (Å²) < 4.78 is 2.00. The normalized spacial score (nSPS) is 15.2. The van der Waals surface area contributed by atoms with E-state index < -0.39 is 0 Å². The van der Waals surface area contributed by atoms with Crippen LogP contribution in [0.15, 0.2) is 18.3 Å². The van der Waals surface area contributed by atoms with E-state index >= 15 is 0 Å². The van der Waals surface area contributed by atoms with Crippen molar-refractivity contribution >= 4 is 24.0 Å². The van der Waals surface area contributed by atoms with Crippen molar-refractivity contribution in [3.8, 4) is 0 Å². The molecule has 6 nitrogen and oxygen atoms in total. The molecular formula is C22H34ClN5O. The van der Waals surface area contributed by atoms with Crippen molar-refractivity contribution in [1.82, 2.24) is 19.6 Å². The zero-order valence-electron chi connectivity index (χ0n) is 18.3. The Hall–Kier alpha value is -1.89. The van der Waals surface area contributed by atoms with Crippen LogP contribution in [0.2, 0.25) is 0 Å². The number of carbonyl (C=O) groups is 1. The summed E-state index contributed by atoms with van der Waals surface area (Å²) in [6.07, 6.45) is 2.15. The van der Waals surface area contributed by atoms with Gasteiger partial charge in [0.25, 0.3) is 0 Å². The van der Waals surface area contributed by atoms with Gasteiger partial charge in [0.1, 0.15) is 0 Å². The number of anilines is 1. The lowest BCUT2D eigenvalue weighted by molar-refractivity contribution is -0.117. The van der Waals surface area contributed by atoms with E-state index in [9.17, 15) is 4.79 Å². The van der Waals surface area contributed by atoms with Crippen LogP contribution in [-0.4, -0.2) is 58.2 Å². The molecule has 0 unspecified atom stereocenters. The first kappa shape index (κ1) is 23.4. The first-order valence-electron chi connectivity index (χ1n) is 10.2. The van der Waals surface area contributed by atoms with Crippen molar-refractivity contribution in [2.45, 2.75) is 47.7 Å². The van der Waals surface area contributed by atoms with Gasteiger partial charge in [-0.3, -0.25) is 19.3 Å². The summed E-state index contributed by atoms with van der Waals surface area (Å²) in [7, 11) is 0. The van der Waals surface area contributed by atoms with Gasteiger partial charge in [0.15, 0.2) is 0 Å². The highest BCUT2D eigenvalue weighted by Gasteiger charge is 2.20. The van der Waals surface area contributed by atoms with E-state index in [0.717, 1.165) is 61.8 Å². The second-order valence-corrected chi connectivity index (χ2v) is 7.97. The molecule has 2 aromatic rings. The lowest BCUT2D eigenvalue weighted by Gasteiger charge is -2.34. The summed E-state index contributed by atoms with van der Waals surface area (Å²) in [5, 5.41) is 7.65. The van der Waals surface area contributed by atoms with Gasteiger partial charge in [0.2, 0.25) is 5.91 Å². The Balaban J connectivity index is 0.00000300. The molecule has 1 aliphatic heterocycles. The number of nitrogens with zero attached hydrogens (tertiary/aromatic N) is 4. The van der Waals surface area contributed by atoms with Gasteiger partial charge in [-0.25, -0.2) is 0 Å². The fraction of sp³-hybridized carbons (Fsp3) is 0.545. The molecule has 1 amide bonds. The Morgan fingerprint density at radius 2 is 1.62 bits per heavy atom. The van der Waals surface area contributed by atoms with Gasteiger partial charge in [-0.2, -0.15) is 5.10 Å². The third-order valence-electron chi connectivity index (χ3n) is 5.54. The second-order valence-electron chi connectivity index (χ2n) is 7.97. The maximum atomic E-state index is 12.5. The average molecular weight is 420 g/mol. The number of aryl methyl sites for hydroxylation is 5. The molecule has 1 aliphatic rings. The highest BCUT2D eigenvalue weighted by atomic mass is 35.5. The summed E-state index contributed by atoms with van der Waals surface area (Å²) in [6, 6.07) is 4.23. The number of nitrogens with one attached hydrogen (secondary N) is 1. The molecule has 7 heteroatoms. The quantitative estimate of drug-likeness (QED) is 0.780. The molecule has 29 heavy (non-hydrogen) atoms. The van der Waals surface area contributed by atoms with Gasteiger partial charge in [0, 0.05) is 56.7 Å². The Morgan fingerprint density at radius 3 is 2.17 bits per heavy atom. The monoisotopic (exact) mass is 419 g/mol. The third kappa shape index (κ3) is 6.04. The van der Waals surface area contributed by atoms with E-state index in [4.69, 9.17) is 0 Å².